The third-order valence-electron chi connectivity index (χ3n) is 3.58. The van der Waals surface area contributed by atoms with Crippen LogP contribution in [0.2, 0.25) is 0 Å². The predicted octanol–water partition coefficient (Wildman–Crippen LogP) is 6.39. The molecule has 0 aromatic heterocycles. The minimum absolute atomic E-state index is 0.126. The van der Waals surface area contributed by atoms with E-state index in [1.807, 2.05) is 20.8 Å². The van der Waals surface area contributed by atoms with Crippen LogP contribution in [0.4, 0.5) is 0 Å². The van der Waals surface area contributed by atoms with E-state index in [-0.39, 0.29) is 5.97 Å². The van der Waals surface area contributed by atoms with Gasteiger partial charge in [0, 0.05) is 0 Å². The van der Waals surface area contributed by atoms with Crippen molar-refractivity contribution in [1.29, 1.82) is 0 Å². The van der Waals surface area contributed by atoms with Gasteiger partial charge < -0.3 is 4.74 Å². The number of ether oxygens (including phenoxy) is 1. The third kappa shape index (κ3) is 12.9. The van der Waals surface area contributed by atoms with E-state index in [0.717, 1.165) is 32.1 Å². The molecule has 2 nitrogen and oxygen atoms in total. The summed E-state index contributed by atoms with van der Waals surface area (Å²) in [6, 6.07) is 0. The molecule has 0 N–H and O–H groups in total. The molecule has 0 saturated heterocycles. The van der Waals surface area contributed by atoms with Gasteiger partial charge in [0.05, 0.1) is 12.0 Å². The Bertz CT molecular complexity index is 441. The van der Waals surface area contributed by atoms with Crippen molar-refractivity contribution in [3.63, 3.8) is 0 Å². The maximum absolute atomic E-state index is 11.6. The standard InChI is InChI=1S/C21H36O2/c1-17(2)11-8-12-18(3)13-9-14-19(4)15-10-16-23-20(22)21(5,6)7/h11,13,15H,8-10,12,14,16H2,1-7H3/b18-13+,19-15+. The fraction of sp³-hybridized carbons (Fsp3) is 0.667. The van der Waals surface area contributed by atoms with Crippen molar-refractivity contribution in [3.05, 3.63) is 34.9 Å². The molecule has 0 radical (unpaired) electrons. The zero-order valence-electron chi connectivity index (χ0n) is 16.3. The van der Waals surface area contributed by atoms with Gasteiger partial charge in [0.25, 0.3) is 0 Å². The Morgan fingerprint density at radius 1 is 0.826 bits per heavy atom. The van der Waals surface area contributed by atoms with Gasteiger partial charge in [-0.1, -0.05) is 34.9 Å². The van der Waals surface area contributed by atoms with Crippen LogP contribution < -0.4 is 0 Å². The molecule has 0 saturated carbocycles. The molecule has 0 heterocycles. The number of allylic oxidation sites excluding steroid dienone is 5. The Kier molecular flexibility index (Phi) is 10.6. The molecule has 23 heavy (non-hydrogen) atoms. The third-order valence-corrected chi connectivity index (χ3v) is 3.58. The second kappa shape index (κ2) is 11.3. The fourth-order valence-electron chi connectivity index (χ4n) is 2.01. The van der Waals surface area contributed by atoms with Crippen molar-refractivity contribution in [2.75, 3.05) is 6.61 Å². The second-order valence-corrected chi connectivity index (χ2v) is 7.63. The van der Waals surface area contributed by atoms with Crippen LogP contribution in [-0.4, -0.2) is 12.6 Å². The van der Waals surface area contributed by atoms with Crippen molar-refractivity contribution in [2.24, 2.45) is 5.41 Å². The van der Waals surface area contributed by atoms with Gasteiger partial charge in [-0.3, -0.25) is 4.79 Å². The molecule has 0 atom stereocenters. The second-order valence-electron chi connectivity index (χ2n) is 7.63. The van der Waals surface area contributed by atoms with Crippen LogP contribution in [0, 0.1) is 5.41 Å². The Balaban J connectivity index is 3.94. The number of hydrogen-bond donors (Lipinski definition) is 0. The topological polar surface area (TPSA) is 26.3 Å². The molecule has 0 aromatic rings. The molecule has 0 unspecified atom stereocenters. The van der Waals surface area contributed by atoms with E-state index in [1.165, 1.54) is 16.7 Å². The number of rotatable bonds is 9. The summed E-state index contributed by atoms with van der Waals surface area (Å²) in [4.78, 5) is 11.6. The molecule has 0 aromatic carbocycles. The molecule has 0 bridgehead atoms. The molecule has 0 spiro atoms. The lowest BCUT2D eigenvalue weighted by Gasteiger charge is -2.16. The summed E-state index contributed by atoms with van der Waals surface area (Å²) < 4.78 is 5.26. The number of carbonyl (C=O) groups excluding carboxylic acids is 1. The van der Waals surface area contributed by atoms with Crippen LogP contribution in [0.25, 0.3) is 0 Å². The first-order valence-electron chi connectivity index (χ1n) is 8.74. The average Bonchev–Trinajstić information content (AvgIpc) is 2.41. The molecular weight excluding hydrogens is 284 g/mol. The fourth-order valence-corrected chi connectivity index (χ4v) is 2.01. The molecule has 0 amide bonds. The van der Waals surface area contributed by atoms with Gasteiger partial charge in [-0.05, 0) is 80.6 Å². The molecule has 0 rings (SSSR count). The van der Waals surface area contributed by atoms with E-state index in [1.54, 1.807) is 0 Å². The maximum Gasteiger partial charge on any atom is 0.311 e. The SMILES string of the molecule is CC(C)=CCC/C(C)=C/CC/C(C)=C/CCOC(=O)C(C)(C)C. The smallest absolute Gasteiger partial charge is 0.311 e. The summed E-state index contributed by atoms with van der Waals surface area (Å²) in [5, 5.41) is 0. The molecular formula is C21H36O2. The van der Waals surface area contributed by atoms with Gasteiger partial charge in [0.2, 0.25) is 0 Å². The monoisotopic (exact) mass is 320 g/mol. The minimum Gasteiger partial charge on any atom is -0.465 e. The van der Waals surface area contributed by atoms with Crippen molar-refractivity contribution >= 4 is 5.97 Å². The Morgan fingerprint density at radius 3 is 1.78 bits per heavy atom. The van der Waals surface area contributed by atoms with Crippen LogP contribution in [0.15, 0.2) is 34.9 Å². The lowest BCUT2D eigenvalue weighted by molar-refractivity contribution is -0.152. The predicted molar refractivity (Wildman–Crippen MR) is 100 cm³/mol. The minimum atomic E-state index is -0.410. The van der Waals surface area contributed by atoms with Gasteiger partial charge in [0.15, 0.2) is 0 Å². The lowest BCUT2D eigenvalue weighted by Crippen LogP contribution is -2.23. The van der Waals surface area contributed by atoms with Crippen molar-refractivity contribution in [2.45, 2.75) is 80.6 Å². The normalized spacial score (nSPS) is 13.0. The van der Waals surface area contributed by atoms with E-state index < -0.39 is 5.41 Å². The first-order valence-corrected chi connectivity index (χ1v) is 8.74. The van der Waals surface area contributed by atoms with E-state index in [4.69, 9.17) is 4.74 Å². The molecule has 0 aliphatic heterocycles. The van der Waals surface area contributed by atoms with Crippen LogP contribution in [0.3, 0.4) is 0 Å². The highest BCUT2D eigenvalue weighted by molar-refractivity contribution is 5.75. The maximum atomic E-state index is 11.6. The molecule has 132 valence electrons. The van der Waals surface area contributed by atoms with Gasteiger partial charge in [-0.25, -0.2) is 0 Å². The molecule has 0 aliphatic carbocycles. The Morgan fingerprint density at radius 2 is 1.30 bits per heavy atom. The number of carbonyl (C=O) groups is 1. The number of hydrogen-bond acceptors (Lipinski definition) is 2. The van der Waals surface area contributed by atoms with Gasteiger partial charge in [-0.2, -0.15) is 0 Å². The van der Waals surface area contributed by atoms with Crippen molar-refractivity contribution in [1.82, 2.24) is 0 Å². The molecule has 2 heteroatoms. The average molecular weight is 321 g/mol. The van der Waals surface area contributed by atoms with E-state index in [2.05, 4.69) is 45.9 Å². The lowest BCUT2D eigenvalue weighted by atomic mass is 9.97. The van der Waals surface area contributed by atoms with Gasteiger partial charge in [0.1, 0.15) is 0 Å². The first kappa shape index (κ1) is 21.7. The zero-order valence-corrected chi connectivity index (χ0v) is 16.3. The summed E-state index contributed by atoms with van der Waals surface area (Å²) >= 11 is 0. The van der Waals surface area contributed by atoms with Crippen molar-refractivity contribution < 1.29 is 9.53 Å². The number of esters is 1. The van der Waals surface area contributed by atoms with E-state index in [9.17, 15) is 4.79 Å². The Hall–Kier alpha value is -1.31. The largest absolute Gasteiger partial charge is 0.465 e. The highest BCUT2D eigenvalue weighted by Gasteiger charge is 2.22. The quantitative estimate of drug-likeness (QED) is 0.280. The van der Waals surface area contributed by atoms with Crippen LogP contribution in [-0.2, 0) is 9.53 Å². The molecule has 0 fully saturated rings. The van der Waals surface area contributed by atoms with Gasteiger partial charge >= 0.3 is 5.97 Å². The highest BCUT2D eigenvalue weighted by atomic mass is 16.5. The van der Waals surface area contributed by atoms with E-state index >= 15 is 0 Å². The summed E-state index contributed by atoms with van der Waals surface area (Å²) in [5.41, 5.74) is 3.82. The van der Waals surface area contributed by atoms with Gasteiger partial charge in [-0.15, -0.1) is 0 Å². The summed E-state index contributed by atoms with van der Waals surface area (Å²) in [5.74, 6) is -0.126. The van der Waals surface area contributed by atoms with Crippen LogP contribution >= 0.6 is 0 Å². The Labute approximate surface area is 143 Å². The first-order chi connectivity index (χ1) is 10.6. The zero-order chi connectivity index (χ0) is 17.9. The summed E-state index contributed by atoms with van der Waals surface area (Å²) in [6.45, 7) is 14.8. The highest BCUT2D eigenvalue weighted by Crippen LogP contribution is 2.15. The van der Waals surface area contributed by atoms with Crippen LogP contribution in [0.5, 0.6) is 0 Å². The summed E-state index contributed by atoms with van der Waals surface area (Å²) in [7, 11) is 0. The van der Waals surface area contributed by atoms with Crippen molar-refractivity contribution in [3.8, 4) is 0 Å². The summed E-state index contributed by atoms with van der Waals surface area (Å²) in [6.07, 6.45) is 12.1. The van der Waals surface area contributed by atoms with Crippen LogP contribution in [0.1, 0.15) is 80.6 Å². The van der Waals surface area contributed by atoms with E-state index in [0.29, 0.717) is 6.61 Å². The molecule has 0 aliphatic rings.